The number of esters is 1. The van der Waals surface area contributed by atoms with Gasteiger partial charge < -0.3 is 4.74 Å². The molecule has 0 atom stereocenters. The Morgan fingerprint density at radius 1 is 1.18 bits per heavy atom. The van der Waals surface area contributed by atoms with Crippen LogP contribution in [0.4, 0.5) is 0 Å². The molecule has 0 unspecified atom stereocenters. The molecule has 4 bridgehead atoms. The lowest BCUT2D eigenvalue weighted by Gasteiger charge is -2.59. The van der Waals surface area contributed by atoms with Gasteiger partial charge >= 0.3 is 5.97 Å². The summed E-state index contributed by atoms with van der Waals surface area (Å²) in [6.07, 6.45) is 6.31. The van der Waals surface area contributed by atoms with E-state index in [4.69, 9.17) is 16.3 Å². The Hall–Kier alpha value is -0.500. The summed E-state index contributed by atoms with van der Waals surface area (Å²) in [7, 11) is 0. The zero-order valence-corrected chi connectivity index (χ0v) is 11.0. The van der Waals surface area contributed by atoms with Crippen molar-refractivity contribution in [3.8, 4) is 0 Å². The monoisotopic (exact) mass is 254 g/mol. The number of hydrogen-bond donors (Lipinski definition) is 0. The lowest BCUT2D eigenvalue weighted by molar-refractivity contribution is -0.198. The van der Waals surface area contributed by atoms with Crippen molar-refractivity contribution < 1.29 is 9.53 Å². The minimum absolute atomic E-state index is 0.0000291. The number of ether oxygens (including phenoxy) is 1. The van der Waals surface area contributed by atoms with Crippen LogP contribution in [0.25, 0.3) is 0 Å². The highest BCUT2D eigenvalue weighted by Crippen LogP contribution is 2.59. The van der Waals surface area contributed by atoms with Gasteiger partial charge in [-0.3, -0.25) is 0 Å². The van der Waals surface area contributed by atoms with Crippen LogP contribution in [-0.2, 0) is 9.53 Å². The summed E-state index contributed by atoms with van der Waals surface area (Å²) in [6.45, 7) is 5.57. The first kappa shape index (κ1) is 11.6. The number of rotatable bonds is 2. The fourth-order valence-electron chi connectivity index (χ4n) is 4.54. The molecule has 2 nitrogen and oxygen atoms in total. The summed E-state index contributed by atoms with van der Waals surface area (Å²) in [5.41, 5.74) is -0.289. The molecule has 0 amide bonds. The average Bonchev–Trinajstić information content (AvgIpc) is 2.25. The molecule has 0 spiro atoms. The molecule has 0 aromatic rings. The third-order valence-corrected chi connectivity index (χ3v) is 5.45. The Kier molecular flexibility index (Phi) is 2.55. The standard InChI is InChI=1S/C14H19ClO2/c1-8(15)13(16)17-14(2)11-4-9-3-10(6-11)7-12(14)5-9/h9-12H,1,3-7H2,2H3. The number of carbonyl (C=O) groups excluding carboxylic acids is 1. The van der Waals surface area contributed by atoms with E-state index in [-0.39, 0.29) is 10.6 Å². The molecule has 0 aliphatic heterocycles. The quantitative estimate of drug-likeness (QED) is 0.557. The molecule has 0 N–H and O–H groups in total. The molecule has 4 aliphatic carbocycles. The van der Waals surface area contributed by atoms with E-state index in [9.17, 15) is 4.79 Å². The molecule has 4 rings (SSSR count). The Bertz CT molecular complexity index is 346. The number of carbonyl (C=O) groups is 1. The first-order chi connectivity index (χ1) is 7.99. The van der Waals surface area contributed by atoms with Crippen molar-refractivity contribution >= 4 is 17.6 Å². The first-order valence-electron chi connectivity index (χ1n) is 6.56. The van der Waals surface area contributed by atoms with Crippen LogP contribution in [0.15, 0.2) is 11.6 Å². The molecule has 4 saturated carbocycles. The van der Waals surface area contributed by atoms with Crippen LogP contribution in [0.3, 0.4) is 0 Å². The van der Waals surface area contributed by atoms with Gasteiger partial charge in [0.1, 0.15) is 10.6 Å². The minimum atomic E-state index is -0.429. The van der Waals surface area contributed by atoms with Crippen LogP contribution < -0.4 is 0 Å². The second-order valence-corrected chi connectivity index (χ2v) is 6.74. The molecule has 94 valence electrons. The first-order valence-corrected chi connectivity index (χ1v) is 6.94. The van der Waals surface area contributed by atoms with Crippen molar-refractivity contribution in [1.82, 2.24) is 0 Å². The Labute approximate surface area is 107 Å². The van der Waals surface area contributed by atoms with Gasteiger partial charge in [-0.05, 0) is 62.7 Å². The average molecular weight is 255 g/mol. The molecular weight excluding hydrogens is 236 g/mol. The third-order valence-electron chi connectivity index (χ3n) is 5.29. The van der Waals surface area contributed by atoms with Gasteiger partial charge in [-0.15, -0.1) is 0 Å². The fraction of sp³-hybridized carbons (Fsp3) is 0.786. The van der Waals surface area contributed by atoms with Crippen molar-refractivity contribution in [2.75, 3.05) is 0 Å². The SMILES string of the molecule is C=C(Cl)C(=O)OC1(C)C2CC3CC(C2)CC1C3. The molecule has 0 radical (unpaired) electrons. The van der Waals surface area contributed by atoms with Gasteiger partial charge in [0.15, 0.2) is 0 Å². The summed E-state index contributed by atoms with van der Waals surface area (Å²) in [5, 5.41) is 0.0000291. The predicted molar refractivity (Wildman–Crippen MR) is 66.5 cm³/mol. The van der Waals surface area contributed by atoms with Gasteiger partial charge in [-0.1, -0.05) is 18.2 Å². The lowest BCUT2D eigenvalue weighted by atomic mass is 9.50. The molecular formula is C14H19ClO2. The second-order valence-electron chi connectivity index (χ2n) is 6.28. The normalized spacial score (nSPS) is 46.9. The van der Waals surface area contributed by atoms with Gasteiger partial charge in [0, 0.05) is 0 Å². The largest absolute Gasteiger partial charge is 0.455 e. The molecule has 0 heterocycles. The minimum Gasteiger partial charge on any atom is -0.455 e. The van der Waals surface area contributed by atoms with Crippen molar-refractivity contribution in [1.29, 1.82) is 0 Å². The van der Waals surface area contributed by atoms with E-state index in [1.807, 2.05) is 0 Å². The predicted octanol–water partition coefficient (Wildman–Crippen LogP) is 3.50. The van der Waals surface area contributed by atoms with Crippen molar-refractivity contribution in [2.24, 2.45) is 23.7 Å². The van der Waals surface area contributed by atoms with Gasteiger partial charge in [0.2, 0.25) is 0 Å². The fourth-order valence-corrected chi connectivity index (χ4v) is 4.58. The van der Waals surface area contributed by atoms with Gasteiger partial charge in [0.25, 0.3) is 0 Å². The maximum absolute atomic E-state index is 11.7. The smallest absolute Gasteiger partial charge is 0.349 e. The van der Waals surface area contributed by atoms with E-state index in [2.05, 4.69) is 13.5 Å². The van der Waals surface area contributed by atoms with E-state index in [0.717, 1.165) is 11.8 Å². The second kappa shape index (κ2) is 3.74. The Balaban J connectivity index is 1.82. The highest BCUT2D eigenvalue weighted by molar-refractivity contribution is 6.40. The molecule has 0 aromatic carbocycles. The van der Waals surface area contributed by atoms with E-state index < -0.39 is 5.97 Å². The molecule has 0 aromatic heterocycles. The summed E-state index contributed by atoms with van der Waals surface area (Å²) < 4.78 is 5.71. The summed E-state index contributed by atoms with van der Waals surface area (Å²) in [4.78, 5) is 11.7. The molecule has 0 saturated heterocycles. The van der Waals surface area contributed by atoms with E-state index in [0.29, 0.717) is 11.8 Å². The van der Waals surface area contributed by atoms with Crippen LogP contribution in [0.5, 0.6) is 0 Å². The van der Waals surface area contributed by atoms with Crippen LogP contribution >= 0.6 is 11.6 Å². The summed E-state index contributed by atoms with van der Waals surface area (Å²) in [6, 6.07) is 0. The molecule has 4 aliphatic rings. The van der Waals surface area contributed by atoms with Gasteiger partial charge in [0.05, 0.1) is 0 Å². The topological polar surface area (TPSA) is 26.3 Å². The van der Waals surface area contributed by atoms with Crippen LogP contribution in [0.2, 0.25) is 0 Å². The Morgan fingerprint density at radius 2 is 1.65 bits per heavy atom. The third kappa shape index (κ3) is 1.72. The molecule has 3 heteroatoms. The maximum atomic E-state index is 11.7. The molecule has 17 heavy (non-hydrogen) atoms. The highest BCUT2D eigenvalue weighted by Gasteiger charge is 2.57. The van der Waals surface area contributed by atoms with Gasteiger partial charge in [-0.2, -0.15) is 0 Å². The zero-order chi connectivity index (χ0) is 12.2. The maximum Gasteiger partial charge on any atom is 0.349 e. The van der Waals surface area contributed by atoms with Crippen molar-refractivity contribution in [2.45, 2.75) is 44.6 Å². The highest BCUT2D eigenvalue weighted by atomic mass is 35.5. The zero-order valence-electron chi connectivity index (χ0n) is 10.2. The number of hydrogen-bond acceptors (Lipinski definition) is 2. The van der Waals surface area contributed by atoms with Crippen molar-refractivity contribution in [3.05, 3.63) is 11.6 Å². The summed E-state index contributed by atoms with van der Waals surface area (Å²) >= 11 is 5.63. The lowest BCUT2D eigenvalue weighted by Crippen LogP contribution is -2.58. The van der Waals surface area contributed by atoms with E-state index in [1.54, 1.807) is 0 Å². The van der Waals surface area contributed by atoms with Crippen LogP contribution in [-0.4, -0.2) is 11.6 Å². The van der Waals surface area contributed by atoms with Crippen molar-refractivity contribution in [3.63, 3.8) is 0 Å². The summed E-state index contributed by atoms with van der Waals surface area (Å²) in [5.74, 6) is 2.41. The van der Waals surface area contributed by atoms with Crippen LogP contribution in [0, 0.1) is 23.7 Å². The van der Waals surface area contributed by atoms with E-state index >= 15 is 0 Å². The Morgan fingerprint density at radius 3 is 2.06 bits per heavy atom. The van der Waals surface area contributed by atoms with Crippen LogP contribution in [0.1, 0.15) is 39.0 Å². The molecule has 4 fully saturated rings. The van der Waals surface area contributed by atoms with E-state index in [1.165, 1.54) is 32.1 Å². The van der Waals surface area contributed by atoms with Gasteiger partial charge in [-0.25, -0.2) is 4.79 Å². The number of halogens is 1.